The lowest BCUT2D eigenvalue weighted by Crippen LogP contribution is -2.01. The second kappa shape index (κ2) is 13.7. The monoisotopic (exact) mass is 665 g/mol. The van der Waals surface area contributed by atoms with Gasteiger partial charge >= 0.3 is 0 Å². The van der Waals surface area contributed by atoms with Crippen molar-refractivity contribution >= 4 is 10.8 Å². The summed E-state index contributed by atoms with van der Waals surface area (Å²) in [5, 5.41) is 2.48. The maximum absolute atomic E-state index is 4.96. The van der Waals surface area contributed by atoms with Crippen molar-refractivity contribution in [2.75, 3.05) is 0 Å². The van der Waals surface area contributed by atoms with Crippen LogP contribution in [0.1, 0.15) is 0 Å². The van der Waals surface area contributed by atoms with E-state index in [1.54, 1.807) is 24.8 Å². The van der Waals surface area contributed by atoms with E-state index in [0.29, 0.717) is 17.5 Å². The fourth-order valence-electron chi connectivity index (χ4n) is 6.66. The normalized spacial score (nSPS) is 11.1. The summed E-state index contributed by atoms with van der Waals surface area (Å²) in [6.45, 7) is 0. The predicted octanol–water partition coefficient (Wildman–Crippen LogP) is 11.5. The number of hydrogen-bond acceptors (Lipinski definition) is 5. The summed E-state index contributed by atoms with van der Waals surface area (Å²) in [5.41, 5.74) is 11.7. The number of nitrogens with zero attached hydrogens (tertiary/aromatic N) is 5. The molecule has 0 aliphatic carbocycles. The van der Waals surface area contributed by atoms with Gasteiger partial charge in [-0.25, -0.2) is 15.0 Å². The Morgan fingerprint density at radius 2 is 0.769 bits per heavy atom. The molecule has 0 unspecified atom stereocenters. The molecule has 0 atom stereocenters. The molecule has 5 heteroatoms. The maximum atomic E-state index is 4.96. The highest BCUT2D eigenvalue weighted by molar-refractivity contribution is 5.90. The zero-order valence-electron chi connectivity index (χ0n) is 28.1. The van der Waals surface area contributed by atoms with Gasteiger partial charge in [0, 0.05) is 41.5 Å². The lowest BCUT2D eigenvalue weighted by atomic mass is 9.90. The third-order valence-corrected chi connectivity index (χ3v) is 9.29. The van der Waals surface area contributed by atoms with Gasteiger partial charge in [0.15, 0.2) is 17.5 Å². The molecule has 0 bridgehead atoms. The van der Waals surface area contributed by atoms with E-state index in [2.05, 4.69) is 143 Å². The van der Waals surface area contributed by atoms with Crippen LogP contribution < -0.4 is 0 Å². The van der Waals surface area contributed by atoms with Crippen LogP contribution in [0.5, 0.6) is 0 Å². The highest BCUT2D eigenvalue weighted by Gasteiger charge is 2.16. The first-order valence-electron chi connectivity index (χ1n) is 17.2. The van der Waals surface area contributed by atoms with Crippen LogP contribution in [0, 0.1) is 0 Å². The zero-order chi connectivity index (χ0) is 34.7. The van der Waals surface area contributed by atoms with Crippen LogP contribution in [0.2, 0.25) is 0 Å². The first-order chi connectivity index (χ1) is 25.7. The van der Waals surface area contributed by atoms with Crippen molar-refractivity contribution in [3.05, 3.63) is 189 Å². The van der Waals surface area contributed by atoms with Crippen LogP contribution in [0.3, 0.4) is 0 Å². The Morgan fingerprint density at radius 1 is 0.269 bits per heavy atom. The zero-order valence-corrected chi connectivity index (χ0v) is 28.1. The van der Waals surface area contributed by atoms with Crippen molar-refractivity contribution < 1.29 is 0 Å². The van der Waals surface area contributed by atoms with E-state index in [1.807, 2.05) is 30.3 Å². The topological polar surface area (TPSA) is 64.5 Å². The average Bonchev–Trinajstić information content (AvgIpc) is 3.24. The van der Waals surface area contributed by atoms with Gasteiger partial charge in [-0.3, -0.25) is 9.97 Å². The summed E-state index contributed by atoms with van der Waals surface area (Å²) in [6.07, 6.45) is 7.04. The van der Waals surface area contributed by atoms with Gasteiger partial charge in [0.1, 0.15) is 0 Å². The van der Waals surface area contributed by atoms with Gasteiger partial charge in [-0.1, -0.05) is 115 Å². The maximum Gasteiger partial charge on any atom is 0.165 e. The van der Waals surface area contributed by atoms with Gasteiger partial charge < -0.3 is 0 Å². The van der Waals surface area contributed by atoms with E-state index >= 15 is 0 Å². The molecule has 0 spiro atoms. The summed E-state index contributed by atoms with van der Waals surface area (Å²) in [7, 11) is 0. The lowest BCUT2D eigenvalue weighted by molar-refractivity contribution is 1.07. The van der Waals surface area contributed by atoms with Crippen LogP contribution in [0.25, 0.3) is 89.4 Å². The second-order valence-electron chi connectivity index (χ2n) is 12.6. The minimum Gasteiger partial charge on any atom is -0.264 e. The predicted molar refractivity (Wildman–Crippen MR) is 211 cm³/mol. The minimum atomic E-state index is 0.556. The van der Waals surface area contributed by atoms with Crippen LogP contribution >= 0.6 is 0 Å². The molecule has 244 valence electrons. The lowest BCUT2D eigenvalue weighted by Gasteiger charge is -2.15. The minimum absolute atomic E-state index is 0.556. The summed E-state index contributed by atoms with van der Waals surface area (Å²) < 4.78 is 0. The molecule has 9 rings (SSSR count). The van der Waals surface area contributed by atoms with Crippen molar-refractivity contribution in [3.63, 3.8) is 0 Å². The SMILES string of the molecule is c1ccc(-c2cc(-c3nc(-c4cccnc4)nc(-c4cccnc4)n3)ccc2-c2cccc(-c3cccc(-c4ccc5ccccc5c4)c3)c2)cc1. The molecule has 0 aliphatic heterocycles. The number of rotatable bonds is 7. The third kappa shape index (κ3) is 6.23. The Labute approximate surface area is 302 Å². The molecule has 5 nitrogen and oxygen atoms in total. The molecule has 3 aromatic heterocycles. The number of hydrogen-bond donors (Lipinski definition) is 0. The Morgan fingerprint density at radius 3 is 1.40 bits per heavy atom. The molecule has 9 aromatic rings. The van der Waals surface area contributed by atoms with E-state index in [9.17, 15) is 0 Å². The van der Waals surface area contributed by atoms with Crippen LogP contribution in [0.4, 0.5) is 0 Å². The Bertz CT molecular complexity index is 2620. The molecule has 52 heavy (non-hydrogen) atoms. The quantitative estimate of drug-likeness (QED) is 0.169. The van der Waals surface area contributed by atoms with E-state index in [1.165, 1.54) is 27.5 Å². The van der Waals surface area contributed by atoms with Crippen molar-refractivity contribution in [2.45, 2.75) is 0 Å². The van der Waals surface area contributed by atoms with Crippen LogP contribution in [-0.4, -0.2) is 24.9 Å². The van der Waals surface area contributed by atoms with E-state index in [4.69, 9.17) is 15.0 Å². The molecule has 0 N–H and O–H groups in total. The van der Waals surface area contributed by atoms with Gasteiger partial charge in [0.2, 0.25) is 0 Å². The van der Waals surface area contributed by atoms with E-state index in [0.717, 1.165) is 44.5 Å². The van der Waals surface area contributed by atoms with Gasteiger partial charge in [0.05, 0.1) is 0 Å². The number of fused-ring (bicyclic) bond motifs is 1. The summed E-state index contributed by atoms with van der Waals surface area (Å²) in [4.78, 5) is 23.4. The Balaban J connectivity index is 1.14. The molecular weight excluding hydrogens is 635 g/mol. The molecule has 3 heterocycles. The molecule has 6 aromatic carbocycles. The van der Waals surface area contributed by atoms with Crippen LogP contribution in [0.15, 0.2) is 189 Å². The smallest absolute Gasteiger partial charge is 0.165 e. The van der Waals surface area contributed by atoms with E-state index < -0.39 is 0 Å². The summed E-state index contributed by atoms with van der Waals surface area (Å²) in [5.74, 6) is 1.69. The Kier molecular flexibility index (Phi) is 8.12. The highest BCUT2D eigenvalue weighted by Crippen LogP contribution is 2.38. The van der Waals surface area contributed by atoms with Crippen molar-refractivity contribution in [2.24, 2.45) is 0 Å². The number of pyridine rings is 2. The number of aromatic nitrogens is 5. The fourth-order valence-corrected chi connectivity index (χ4v) is 6.66. The molecule has 0 amide bonds. The highest BCUT2D eigenvalue weighted by atomic mass is 15.0. The third-order valence-electron chi connectivity index (χ3n) is 9.29. The molecule has 0 saturated heterocycles. The van der Waals surface area contributed by atoms with Crippen molar-refractivity contribution in [3.8, 4) is 78.7 Å². The van der Waals surface area contributed by atoms with E-state index in [-0.39, 0.29) is 0 Å². The standard InChI is InChI=1S/C47H31N5/c1-2-11-33(12-3-1)44-29-40(45-50-46(41-18-8-24-48-30-41)52-47(51-45)42-19-9-25-49-31-42)22-23-43(44)39-17-7-16-37(28-39)35-14-6-15-36(27-35)38-21-20-32-10-4-5-13-34(32)26-38/h1-31H. The molecular formula is C47H31N5. The summed E-state index contributed by atoms with van der Waals surface area (Å²) >= 11 is 0. The average molecular weight is 666 g/mol. The number of benzene rings is 6. The second-order valence-corrected chi connectivity index (χ2v) is 12.6. The summed E-state index contributed by atoms with van der Waals surface area (Å²) in [6, 6.07) is 57.4. The van der Waals surface area contributed by atoms with Gasteiger partial charge in [-0.15, -0.1) is 0 Å². The first-order valence-corrected chi connectivity index (χ1v) is 17.2. The van der Waals surface area contributed by atoms with Gasteiger partial charge in [-0.05, 0) is 104 Å². The molecule has 0 aliphatic rings. The van der Waals surface area contributed by atoms with Crippen molar-refractivity contribution in [1.29, 1.82) is 0 Å². The van der Waals surface area contributed by atoms with Gasteiger partial charge in [-0.2, -0.15) is 0 Å². The Hall–Kier alpha value is -7.11. The van der Waals surface area contributed by atoms with Crippen molar-refractivity contribution in [1.82, 2.24) is 24.9 Å². The molecule has 0 radical (unpaired) electrons. The molecule has 0 fully saturated rings. The first kappa shape index (κ1) is 30.9. The largest absolute Gasteiger partial charge is 0.264 e. The van der Waals surface area contributed by atoms with Gasteiger partial charge in [0.25, 0.3) is 0 Å². The fraction of sp³-hybridized carbons (Fsp3) is 0. The molecule has 0 saturated carbocycles. The van der Waals surface area contributed by atoms with Crippen LogP contribution in [-0.2, 0) is 0 Å².